The van der Waals surface area contributed by atoms with E-state index in [-0.39, 0.29) is 0 Å². The Hall–Kier alpha value is -3.30. The van der Waals surface area contributed by atoms with Gasteiger partial charge in [-0.25, -0.2) is 4.39 Å². The Bertz CT molecular complexity index is 2200. The Labute approximate surface area is 232 Å². The first kappa shape index (κ1) is 7.60. The maximum atomic E-state index is 16.4. The molecule has 8 nitrogen and oxygen atoms in total. The number of hydrogen-bond donors (Lipinski definition) is 2. The third-order valence-electron chi connectivity index (χ3n) is 4.20. The summed E-state index contributed by atoms with van der Waals surface area (Å²) in [5, 5.41) is 3.03. The summed E-state index contributed by atoms with van der Waals surface area (Å²) in [5.41, 5.74) is -7.71. The molecule has 2 saturated heterocycles. The minimum Gasteiger partial charge on any atom is -0.381 e. The molecule has 178 valence electrons. The van der Waals surface area contributed by atoms with Gasteiger partial charge in [0, 0.05) is 74.9 Å². The van der Waals surface area contributed by atoms with Crippen LogP contribution in [-0.2, 0) is 33.8 Å². The van der Waals surface area contributed by atoms with Crippen LogP contribution in [0.25, 0.3) is 0 Å². The van der Waals surface area contributed by atoms with E-state index >= 15 is 4.39 Å². The number of morpholine rings is 1. The molecule has 1 atom stereocenters. The van der Waals surface area contributed by atoms with Gasteiger partial charge < -0.3 is 15.0 Å². The molecule has 2 N–H and O–H groups in total. The van der Waals surface area contributed by atoms with E-state index in [0.717, 1.165) is 0 Å². The van der Waals surface area contributed by atoms with Gasteiger partial charge in [-0.3, -0.25) is 24.6 Å². The molecular formula is C25H27FN4O4. The number of anilines is 1. The van der Waals surface area contributed by atoms with Gasteiger partial charge in [0.15, 0.2) is 0 Å². The number of halogens is 1. The van der Waals surface area contributed by atoms with Crippen molar-refractivity contribution in [2.24, 2.45) is 0 Å². The Morgan fingerprint density at radius 2 is 2.09 bits per heavy atom. The molecule has 3 aliphatic heterocycles. The van der Waals surface area contributed by atoms with Crippen molar-refractivity contribution in [3.05, 3.63) is 64.3 Å². The summed E-state index contributed by atoms with van der Waals surface area (Å²) in [6, 6.07) is -13.6. The van der Waals surface area contributed by atoms with E-state index in [1.165, 1.54) is 5.32 Å². The number of carbonyl (C=O) groups is 3. The van der Waals surface area contributed by atoms with Crippen molar-refractivity contribution >= 4 is 23.4 Å². The van der Waals surface area contributed by atoms with E-state index in [1.54, 1.807) is 5.32 Å². The first-order valence-electron chi connectivity index (χ1n) is 21.6. The van der Waals surface area contributed by atoms with E-state index in [9.17, 15) is 14.4 Å². The van der Waals surface area contributed by atoms with Crippen molar-refractivity contribution in [1.82, 2.24) is 15.1 Å². The predicted octanol–water partition coefficient (Wildman–Crippen LogP) is 2.03. The van der Waals surface area contributed by atoms with Crippen LogP contribution in [0.4, 0.5) is 10.1 Å². The lowest BCUT2D eigenvalue weighted by Gasteiger charge is -2.29. The SMILES string of the molecule is [2H]c1c([2H])c(NC([2H])([2H])c2c([2H])c([2H])c(C([2H])([2H])N3C([2H])([2H])C([2H])([2H])OC([2H])([2H])C3([2H])[2H])c([2H])c2F)c2c(c1[2H])C(=O)N(C1([2H])C(=O)NC(=O)C([2H])([2H])C1([2H])[2H])C2([2H])[2H]. The van der Waals surface area contributed by atoms with Crippen molar-refractivity contribution in [2.75, 3.05) is 31.4 Å². The van der Waals surface area contributed by atoms with Gasteiger partial charge in [-0.2, -0.15) is 0 Å². The van der Waals surface area contributed by atoms with Gasteiger partial charge in [-0.15, -0.1) is 0 Å². The quantitative estimate of drug-likeness (QED) is 0.601. The third kappa shape index (κ3) is 4.53. The standard InChI is InChI=1S/C25H27FN4O4/c26-20-12-16(14-29-8-10-34-11-9-29)4-5-17(20)13-27-21-3-1-2-18-19(21)15-30(25(18)33)22-6-7-23(31)28-24(22)32/h1-5,12,22,27H,6-11,13-15H2,(H,28,31,32)/i1D,2D,3D,4D,5D,6D2,7D2,8D2,9D2,10D2,11D2,12D,13D2,14D2,15D2,22D. The van der Waals surface area contributed by atoms with Crippen LogP contribution in [-0.4, -0.2) is 59.7 Å². The lowest BCUT2D eigenvalue weighted by atomic mass is 10.0. The molecule has 34 heavy (non-hydrogen) atoms. The number of hydrogen-bond acceptors (Lipinski definition) is 6. The molecule has 0 aliphatic carbocycles. The fourth-order valence-corrected chi connectivity index (χ4v) is 2.74. The van der Waals surface area contributed by atoms with Gasteiger partial charge in [0.2, 0.25) is 11.8 Å². The van der Waals surface area contributed by atoms with Crippen molar-refractivity contribution in [3.8, 4) is 0 Å². The second-order valence-electron chi connectivity index (χ2n) is 6.30. The van der Waals surface area contributed by atoms with Crippen LogP contribution in [0.1, 0.15) is 74.1 Å². The van der Waals surface area contributed by atoms with E-state index < -0.39 is 162 Å². The average molecular weight is 492 g/mol. The summed E-state index contributed by atoms with van der Waals surface area (Å²) in [5.74, 6) is -8.33. The Morgan fingerprint density at radius 1 is 1.26 bits per heavy atom. The summed E-state index contributed by atoms with van der Waals surface area (Å²) < 4.78 is 228. The molecule has 2 fully saturated rings. The van der Waals surface area contributed by atoms with Crippen LogP contribution in [0.3, 0.4) is 0 Å². The summed E-state index contributed by atoms with van der Waals surface area (Å²) in [6.07, 6.45) is -7.95. The number of imide groups is 1. The highest BCUT2D eigenvalue weighted by Gasteiger charge is 2.39. The van der Waals surface area contributed by atoms with Gasteiger partial charge in [0.1, 0.15) is 11.8 Å². The lowest BCUT2D eigenvalue weighted by molar-refractivity contribution is -0.136. The van der Waals surface area contributed by atoms with Crippen molar-refractivity contribution in [1.29, 1.82) is 0 Å². The molecule has 0 bridgehead atoms. The van der Waals surface area contributed by atoms with Gasteiger partial charge in [-0.1, -0.05) is 18.1 Å². The summed E-state index contributed by atoms with van der Waals surface area (Å²) in [7, 11) is 0. The molecule has 0 saturated carbocycles. The fraction of sp³-hybridized carbons (Fsp3) is 0.400. The Balaban J connectivity index is 1.73. The maximum absolute atomic E-state index is 16.4. The molecule has 3 aliphatic rings. The third-order valence-corrected chi connectivity index (χ3v) is 4.20. The number of nitrogens with one attached hydrogen (secondary N) is 2. The number of benzene rings is 2. The van der Waals surface area contributed by atoms with Crippen molar-refractivity contribution in [3.63, 3.8) is 0 Å². The number of fused-ring (bicyclic) bond motifs is 1. The van der Waals surface area contributed by atoms with E-state index in [1.807, 2.05) is 0 Å². The molecule has 2 aromatic carbocycles. The highest BCUT2D eigenvalue weighted by molar-refractivity contribution is 6.06. The number of ether oxygens (including phenoxy) is 1. The molecule has 0 radical (unpaired) electrons. The van der Waals surface area contributed by atoms with Gasteiger partial charge in [0.25, 0.3) is 5.91 Å². The van der Waals surface area contributed by atoms with Crippen LogP contribution in [0, 0.1) is 5.82 Å². The summed E-state index contributed by atoms with van der Waals surface area (Å²) in [4.78, 5) is 37.9. The number of piperidine rings is 1. The molecule has 9 heteroatoms. The Kier molecular flexibility index (Phi) is 2.13. The largest absolute Gasteiger partial charge is 0.381 e. The molecule has 5 rings (SSSR count). The molecule has 3 heterocycles. The summed E-state index contributed by atoms with van der Waals surface area (Å²) in [6.45, 7) is -27.8. The first-order chi connectivity index (χ1) is 26.1. The van der Waals surface area contributed by atoms with Crippen LogP contribution in [0.15, 0.2) is 36.3 Å². The molecule has 2 aromatic rings. The molecule has 1 unspecified atom stereocenters. The van der Waals surface area contributed by atoms with Crippen LogP contribution < -0.4 is 10.6 Å². The zero-order valence-electron chi connectivity index (χ0n) is 41.4. The van der Waals surface area contributed by atoms with Gasteiger partial charge in [0.05, 0.1) is 33.7 Å². The zero-order valence-corrected chi connectivity index (χ0v) is 16.4. The zero-order chi connectivity index (χ0) is 45.9. The topological polar surface area (TPSA) is 91.0 Å². The van der Waals surface area contributed by atoms with E-state index in [4.69, 9.17) is 34.3 Å². The minimum absolute atomic E-state index is 0.563. The Morgan fingerprint density at radius 3 is 2.91 bits per heavy atom. The average Bonchev–Trinajstić information content (AvgIpc) is 3.26. The minimum atomic E-state index is -4.16. The number of amides is 3. The normalized spacial score (nSPS) is 45.0. The lowest BCUT2D eigenvalue weighted by Crippen LogP contribution is -2.52. The molecule has 3 amide bonds. The van der Waals surface area contributed by atoms with Gasteiger partial charge in [-0.05, 0) is 30.1 Å². The molecule has 0 spiro atoms. The highest BCUT2D eigenvalue weighted by Crippen LogP contribution is 2.32. The second kappa shape index (κ2) is 9.52. The maximum Gasteiger partial charge on any atom is 0.255 e. The smallest absolute Gasteiger partial charge is 0.255 e. The van der Waals surface area contributed by atoms with Gasteiger partial charge >= 0.3 is 0 Å². The first-order valence-corrected chi connectivity index (χ1v) is 9.05. The number of nitrogens with zero attached hydrogens (tertiary/aromatic N) is 2. The molecule has 0 aromatic heterocycles. The van der Waals surface area contributed by atoms with Crippen LogP contribution in [0.5, 0.6) is 0 Å². The highest BCUT2D eigenvalue weighted by atomic mass is 19.1. The van der Waals surface area contributed by atoms with E-state index in [0.29, 0.717) is 0 Å². The second-order valence-corrected chi connectivity index (χ2v) is 6.30. The van der Waals surface area contributed by atoms with Crippen molar-refractivity contribution < 1.29 is 57.8 Å². The summed E-state index contributed by atoms with van der Waals surface area (Å²) >= 11 is 0. The number of rotatable bonds is 6. The number of carbonyl (C=O) groups excluding carboxylic acids is 3. The van der Waals surface area contributed by atoms with Crippen LogP contribution in [0.2, 0.25) is 0 Å². The monoisotopic (exact) mass is 491 g/mol. The fourth-order valence-electron chi connectivity index (χ4n) is 2.74. The van der Waals surface area contributed by atoms with E-state index in [2.05, 4.69) is 4.74 Å². The van der Waals surface area contributed by atoms with Crippen LogP contribution >= 0.6 is 0 Å². The predicted molar refractivity (Wildman–Crippen MR) is 122 cm³/mol. The molecular weight excluding hydrogens is 439 g/mol. The van der Waals surface area contributed by atoms with Crippen molar-refractivity contribution in [2.45, 2.75) is 38.3 Å².